The molecule has 25 heavy (non-hydrogen) atoms. The summed E-state index contributed by atoms with van der Waals surface area (Å²) in [5, 5.41) is 3.30. The molecule has 0 radical (unpaired) electrons. The molecule has 2 rings (SSSR count). The van der Waals surface area contributed by atoms with Crippen molar-refractivity contribution in [1.29, 1.82) is 0 Å². The third kappa shape index (κ3) is 3.81. The number of hydrogen-bond donors (Lipinski definition) is 2. The van der Waals surface area contributed by atoms with Gasteiger partial charge in [0.05, 0.1) is 19.4 Å². The Morgan fingerprint density at radius 3 is 2.48 bits per heavy atom. The average Bonchev–Trinajstić information content (AvgIpc) is 2.92. The molecule has 2 aromatic rings. The standard InChI is InChI=1S/C18H22N2O5/c1-5-25-18(23)16-14(24-4)7-6-13-15(16)12(8-9-19-11(3)22)17(20-13)10(2)21/h6-7,20H,5,8-9H2,1-4H3,(H,19,22). The Bertz CT molecular complexity index is 822. The Kier molecular flexibility index (Phi) is 5.80. The maximum atomic E-state index is 12.5. The number of ether oxygens (including phenoxy) is 2. The monoisotopic (exact) mass is 346 g/mol. The number of hydrogen-bond acceptors (Lipinski definition) is 5. The summed E-state index contributed by atoms with van der Waals surface area (Å²) < 4.78 is 10.5. The summed E-state index contributed by atoms with van der Waals surface area (Å²) in [4.78, 5) is 38.7. The molecule has 7 heteroatoms. The summed E-state index contributed by atoms with van der Waals surface area (Å²) in [6, 6.07) is 3.41. The third-order valence-electron chi connectivity index (χ3n) is 3.83. The summed E-state index contributed by atoms with van der Waals surface area (Å²) in [6.07, 6.45) is 0.397. The molecule has 0 aliphatic heterocycles. The van der Waals surface area contributed by atoms with E-state index in [0.717, 1.165) is 0 Å². The number of methoxy groups -OCH3 is 1. The Balaban J connectivity index is 2.67. The second-order valence-electron chi connectivity index (χ2n) is 5.55. The lowest BCUT2D eigenvalue weighted by Gasteiger charge is -2.11. The van der Waals surface area contributed by atoms with Crippen molar-refractivity contribution in [3.05, 3.63) is 29.0 Å². The van der Waals surface area contributed by atoms with Gasteiger partial charge in [0.15, 0.2) is 5.78 Å². The molecule has 0 atom stereocenters. The quantitative estimate of drug-likeness (QED) is 0.592. The SMILES string of the molecule is CCOC(=O)c1c(OC)ccc2[nH]c(C(C)=O)c(CCNC(C)=O)c12. The number of carbonyl (C=O) groups is 3. The molecule has 1 amide bonds. The maximum Gasteiger partial charge on any atom is 0.342 e. The van der Waals surface area contributed by atoms with Crippen molar-refractivity contribution in [1.82, 2.24) is 10.3 Å². The van der Waals surface area contributed by atoms with E-state index < -0.39 is 5.97 Å². The molecule has 0 fully saturated rings. The molecule has 2 N–H and O–H groups in total. The fourth-order valence-corrected chi connectivity index (χ4v) is 2.83. The van der Waals surface area contributed by atoms with Crippen LogP contribution in [0.15, 0.2) is 12.1 Å². The normalized spacial score (nSPS) is 10.6. The van der Waals surface area contributed by atoms with Crippen LogP contribution in [0, 0.1) is 0 Å². The molecule has 1 aromatic heterocycles. The smallest absolute Gasteiger partial charge is 0.342 e. The molecule has 0 saturated carbocycles. The Labute approximate surface area is 145 Å². The molecule has 134 valence electrons. The van der Waals surface area contributed by atoms with Crippen LogP contribution < -0.4 is 10.1 Å². The van der Waals surface area contributed by atoms with Crippen LogP contribution >= 0.6 is 0 Å². The first kappa shape index (κ1) is 18.5. The van der Waals surface area contributed by atoms with Crippen LogP contribution in [0.4, 0.5) is 0 Å². The fourth-order valence-electron chi connectivity index (χ4n) is 2.83. The molecule has 0 spiro atoms. The van der Waals surface area contributed by atoms with E-state index in [1.165, 1.54) is 21.0 Å². The van der Waals surface area contributed by atoms with E-state index in [1.807, 2.05) is 0 Å². The molecule has 0 saturated heterocycles. The number of ketones is 1. The highest BCUT2D eigenvalue weighted by molar-refractivity contribution is 6.11. The number of H-pyrrole nitrogens is 1. The topological polar surface area (TPSA) is 97.5 Å². The second kappa shape index (κ2) is 7.83. The van der Waals surface area contributed by atoms with E-state index in [-0.39, 0.29) is 23.9 Å². The average molecular weight is 346 g/mol. The van der Waals surface area contributed by atoms with E-state index >= 15 is 0 Å². The third-order valence-corrected chi connectivity index (χ3v) is 3.83. The van der Waals surface area contributed by atoms with E-state index in [2.05, 4.69) is 10.3 Å². The van der Waals surface area contributed by atoms with Crippen LogP contribution in [0.5, 0.6) is 5.75 Å². The summed E-state index contributed by atoms with van der Waals surface area (Å²) >= 11 is 0. The molecule has 0 bridgehead atoms. The first-order chi connectivity index (χ1) is 11.9. The summed E-state index contributed by atoms with van der Waals surface area (Å²) in [7, 11) is 1.47. The minimum atomic E-state index is -0.514. The van der Waals surface area contributed by atoms with Crippen molar-refractivity contribution in [2.24, 2.45) is 0 Å². The number of carbonyl (C=O) groups excluding carboxylic acids is 3. The Morgan fingerprint density at radius 2 is 1.92 bits per heavy atom. The summed E-state index contributed by atoms with van der Waals surface area (Å²) in [5.41, 5.74) is 2.01. The van der Waals surface area contributed by atoms with Crippen LogP contribution in [-0.4, -0.2) is 42.9 Å². The first-order valence-electron chi connectivity index (χ1n) is 8.04. The lowest BCUT2D eigenvalue weighted by atomic mass is 10.00. The highest BCUT2D eigenvalue weighted by Crippen LogP contribution is 2.33. The first-order valence-corrected chi connectivity index (χ1v) is 8.04. The lowest BCUT2D eigenvalue weighted by Crippen LogP contribution is -2.23. The number of aromatic amines is 1. The van der Waals surface area contributed by atoms with Crippen LogP contribution in [0.2, 0.25) is 0 Å². The van der Waals surface area contributed by atoms with E-state index in [4.69, 9.17) is 9.47 Å². The zero-order valence-corrected chi connectivity index (χ0v) is 14.8. The highest BCUT2D eigenvalue weighted by Gasteiger charge is 2.24. The zero-order chi connectivity index (χ0) is 18.6. The molecule has 0 aliphatic carbocycles. The van der Waals surface area contributed by atoms with Crippen LogP contribution in [0.3, 0.4) is 0 Å². The van der Waals surface area contributed by atoms with Gasteiger partial charge < -0.3 is 19.8 Å². The molecule has 7 nitrogen and oxygen atoms in total. The Morgan fingerprint density at radius 1 is 1.20 bits per heavy atom. The number of nitrogens with one attached hydrogen (secondary N) is 2. The van der Waals surface area contributed by atoms with Gasteiger partial charge in [-0.25, -0.2) is 4.79 Å². The van der Waals surface area contributed by atoms with Crippen molar-refractivity contribution in [3.63, 3.8) is 0 Å². The summed E-state index contributed by atoms with van der Waals surface area (Å²) in [5.74, 6) is -0.448. The number of aromatic nitrogens is 1. The van der Waals surface area contributed by atoms with Crippen molar-refractivity contribution in [2.75, 3.05) is 20.3 Å². The predicted octanol–water partition coefficient (Wildman–Crippen LogP) is 2.23. The van der Waals surface area contributed by atoms with Crippen molar-refractivity contribution >= 4 is 28.6 Å². The largest absolute Gasteiger partial charge is 0.496 e. The van der Waals surface area contributed by atoms with Gasteiger partial charge in [0.1, 0.15) is 11.3 Å². The molecule has 0 unspecified atom stereocenters. The molecule has 1 aromatic carbocycles. The molecule has 1 heterocycles. The second-order valence-corrected chi connectivity index (χ2v) is 5.55. The van der Waals surface area contributed by atoms with E-state index in [9.17, 15) is 14.4 Å². The highest BCUT2D eigenvalue weighted by atomic mass is 16.5. The van der Waals surface area contributed by atoms with E-state index in [1.54, 1.807) is 19.1 Å². The van der Waals surface area contributed by atoms with Gasteiger partial charge in [0, 0.05) is 31.3 Å². The van der Waals surface area contributed by atoms with Crippen LogP contribution in [-0.2, 0) is 16.0 Å². The number of benzene rings is 1. The number of fused-ring (bicyclic) bond motifs is 1. The van der Waals surface area contributed by atoms with Gasteiger partial charge in [-0.1, -0.05) is 0 Å². The van der Waals surface area contributed by atoms with E-state index in [0.29, 0.717) is 40.9 Å². The van der Waals surface area contributed by atoms with Crippen molar-refractivity contribution in [3.8, 4) is 5.75 Å². The predicted molar refractivity (Wildman–Crippen MR) is 93.2 cm³/mol. The molecular weight excluding hydrogens is 324 g/mol. The zero-order valence-electron chi connectivity index (χ0n) is 14.8. The Hall–Kier alpha value is -2.83. The van der Waals surface area contributed by atoms with Gasteiger partial charge in [-0.05, 0) is 31.0 Å². The molecule has 0 aliphatic rings. The van der Waals surface area contributed by atoms with Gasteiger partial charge in [0.2, 0.25) is 5.91 Å². The van der Waals surface area contributed by atoms with Crippen LogP contribution in [0.25, 0.3) is 10.9 Å². The minimum absolute atomic E-state index is 0.150. The summed E-state index contributed by atoms with van der Waals surface area (Å²) in [6.45, 7) is 5.17. The lowest BCUT2D eigenvalue weighted by molar-refractivity contribution is -0.118. The number of Topliss-reactive ketones (excluding diaryl/α,β-unsaturated/α-hetero) is 1. The maximum absolute atomic E-state index is 12.5. The molecular formula is C18H22N2O5. The number of amides is 1. The van der Waals surface area contributed by atoms with Gasteiger partial charge in [-0.3, -0.25) is 9.59 Å². The minimum Gasteiger partial charge on any atom is -0.496 e. The number of rotatable bonds is 7. The number of esters is 1. The van der Waals surface area contributed by atoms with Gasteiger partial charge in [-0.15, -0.1) is 0 Å². The van der Waals surface area contributed by atoms with Crippen molar-refractivity contribution in [2.45, 2.75) is 27.2 Å². The van der Waals surface area contributed by atoms with Crippen LogP contribution in [0.1, 0.15) is 47.2 Å². The van der Waals surface area contributed by atoms with Gasteiger partial charge >= 0.3 is 5.97 Å². The van der Waals surface area contributed by atoms with Gasteiger partial charge in [0.25, 0.3) is 0 Å². The fraction of sp³-hybridized carbons (Fsp3) is 0.389. The van der Waals surface area contributed by atoms with Crippen molar-refractivity contribution < 1.29 is 23.9 Å². The van der Waals surface area contributed by atoms with Gasteiger partial charge in [-0.2, -0.15) is 0 Å².